The number of aryl methyl sites for hydroxylation is 1. The fourth-order valence-electron chi connectivity index (χ4n) is 2.29. The second kappa shape index (κ2) is 7.82. The van der Waals surface area contributed by atoms with Gasteiger partial charge in [-0.25, -0.2) is 0 Å². The van der Waals surface area contributed by atoms with E-state index in [1.165, 1.54) is 0 Å². The molecule has 1 atom stereocenters. The van der Waals surface area contributed by atoms with Crippen LogP contribution in [0.4, 0.5) is 5.69 Å². The Hall–Kier alpha value is -1.51. The third-order valence-electron chi connectivity index (χ3n) is 3.37. The molecule has 0 spiro atoms. The standard InChI is InChI=1S/C16H26N2O/c1-4-6-8-14(7-5-2)18-16(19)15-10-9-13(17)11-12(15)3/h9-11,14H,4-8,17H2,1-3H3,(H,18,19). The molecule has 0 saturated heterocycles. The highest BCUT2D eigenvalue weighted by atomic mass is 16.1. The molecule has 0 radical (unpaired) electrons. The van der Waals surface area contributed by atoms with E-state index in [1.807, 2.05) is 19.1 Å². The van der Waals surface area contributed by atoms with Crippen LogP contribution in [0, 0.1) is 6.92 Å². The second-order valence-corrected chi connectivity index (χ2v) is 5.18. The van der Waals surface area contributed by atoms with Gasteiger partial charge in [0.05, 0.1) is 0 Å². The number of nitrogens with two attached hydrogens (primary N) is 1. The number of benzene rings is 1. The molecule has 19 heavy (non-hydrogen) atoms. The summed E-state index contributed by atoms with van der Waals surface area (Å²) in [5.74, 6) is 0.0204. The maximum absolute atomic E-state index is 12.3. The number of carbonyl (C=O) groups excluding carboxylic acids is 1. The first-order valence-electron chi connectivity index (χ1n) is 7.25. The lowest BCUT2D eigenvalue weighted by Crippen LogP contribution is -2.35. The summed E-state index contributed by atoms with van der Waals surface area (Å²) < 4.78 is 0. The molecule has 0 fully saturated rings. The number of amides is 1. The van der Waals surface area contributed by atoms with E-state index in [0.717, 1.165) is 43.2 Å². The third-order valence-corrected chi connectivity index (χ3v) is 3.37. The molecule has 1 unspecified atom stereocenters. The fourth-order valence-corrected chi connectivity index (χ4v) is 2.29. The molecule has 106 valence electrons. The Morgan fingerprint density at radius 2 is 2.00 bits per heavy atom. The number of nitrogens with one attached hydrogen (secondary N) is 1. The predicted molar refractivity (Wildman–Crippen MR) is 81.3 cm³/mol. The number of hydrogen-bond acceptors (Lipinski definition) is 2. The van der Waals surface area contributed by atoms with Crippen molar-refractivity contribution in [1.82, 2.24) is 5.32 Å². The topological polar surface area (TPSA) is 55.1 Å². The van der Waals surface area contributed by atoms with Crippen molar-refractivity contribution in [1.29, 1.82) is 0 Å². The first-order valence-corrected chi connectivity index (χ1v) is 7.25. The van der Waals surface area contributed by atoms with Crippen LogP contribution in [-0.2, 0) is 0 Å². The predicted octanol–water partition coefficient (Wildman–Crippen LogP) is 3.67. The molecule has 0 aromatic heterocycles. The lowest BCUT2D eigenvalue weighted by atomic mass is 10.0. The van der Waals surface area contributed by atoms with E-state index in [-0.39, 0.29) is 11.9 Å². The highest BCUT2D eigenvalue weighted by Gasteiger charge is 2.14. The van der Waals surface area contributed by atoms with Crippen molar-refractivity contribution in [3.63, 3.8) is 0 Å². The van der Waals surface area contributed by atoms with Crippen molar-refractivity contribution in [2.75, 3.05) is 5.73 Å². The number of hydrogen-bond donors (Lipinski definition) is 2. The van der Waals surface area contributed by atoms with Gasteiger partial charge in [-0.3, -0.25) is 4.79 Å². The molecule has 0 aliphatic carbocycles. The Labute approximate surface area is 116 Å². The van der Waals surface area contributed by atoms with Crippen LogP contribution in [0.15, 0.2) is 18.2 Å². The van der Waals surface area contributed by atoms with Crippen molar-refractivity contribution < 1.29 is 4.79 Å². The smallest absolute Gasteiger partial charge is 0.251 e. The fraction of sp³-hybridized carbons (Fsp3) is 0.562. The molecule has 1 amide bonds. The zero-order valence-corrected chi connectivity index (χ0v) is 12.3. The minimum absolute atomic E-state index is 0.0204. The lowest BCUT2D eigenvalue weighted by molar-refractivity contribution is 0.0931. The van der Waals surface area contributed by atoms with Gasteiger partial charge in [0.1, 0.15) is 0 Å². The van der Waals surface area contributed by atoms with Gasteiger partial charge in [-0.05, 0) is 43.5 Å². The van der Waals surface area contributed by atoms with Crippen LogP contribution in [0.5, 0.6) is 0 Å². The molecule has 0 aliphatic rings. The van der Waals surface area contributed by atoms with Crippen LogP contribution < -0.4 is 11.1 Å². The number of carbonyl (C=O) groups is 1. The minimum atomic E-state index is 0.0204. The van der Waals surface area contributed by atoms with Crippen molar-refractivity contribution in [3.8, 4) is 0 Å². The molecule has 3 N–H and O–H groups in total. The highest BCUT2D eigenvalue weighted by Crippen LogP contribution is 2.14. The van der Waals surface area contributed by atoms with Gasteiger partial charge in [0.15, 0.2) is 0 Å². The molecule has 0 heterocycles. The summed E-state index contributed by atoms with van der Waals surface area (Å²) in [5.41, 5.74) is 8.07. The number of anilines is 1. The Morgan fingerprint density at radius 1 is 1.26 bits per heavy atom. The SMILES string of the molecule is CCCCC(CCC)NC(=O)c1ccc(N)cc1C. The monoisotopic (exact) mass is 262 g/mol. The zero-order valence-electron chi connectivity index (χ0n) is 12.3. The van der Waals surface area contributed by atoms with Crippen molar-refractivity contribution >= 4 is 11.6 Å². The van der Waals surface area contributed by atoms with Gasteiger partial charge in [0.25, 0.3) is 5.91 Å². The summed E-state index contributed by atoms with van der Waals surface area (Å²) in [6.07, 6.45) is 5.52. The molecule has 1 aromatic rings. The van der Waals surface area contributed by atoms with E-state index < -0.39 is 0 Å². The summed E-state index contributed by atoms with van der Waals surface area (Å²) in [5, 5.41) is 3.15. The van der Waals surface area contributed by atoms with Crippen LogP contribution in [0.25, 0.3) is 0 Å². The van der Waals surface area contributed by atoms with Crippen LogP contribution in [0.3, 0.4) is 0 Å². The number of unbranched alkanes of at least 4 members (excludes halogenated alkanes) is 1. The highest BCUT2D eigenvalue weighted by molar-refractivity contribution is 5.96. The first kappa shape index (κ1) is 15.5. The van der Waals surface area contributed by atoms with Crippen LogP contribution >= 0.6 is 0 Å². The van der Waals surface area contributed by atoms with E-state index in [1.54, 1.807) is 6.07 Å². The molecular formula is C16H26N2O. The molecule has 3 nitrogen and oxygen atoms in total. The normalized spacial score (nSPS) is 12.2. The van der Waals surface area contributed by atoms with Gasteiger partial charge in [-0.2, -0.15) is 0 Å². The Kier molecular flexibility index (Phi) is 6.40. The molecule has 1 aromatic carbocycles. The van der Waals surface area contributed by atoms with E-state index >= 15 is 0 Å². The minimum Gasteiger partial charge on any atom is -0.399 e. The Balaban J connectivity index is 2.69. The molecular weight excluding hydrogens is 236 g/mol. The summed E-state index contributed by atoms with van der Waals surface area (Å²) in [6.45, 7) is 6.25. The quantitative estimate of drug-likeness (QED) is 0.737. The van der Waals surface area contributed by atoms with Gasteiger partial charge in [-0.15, -0.1) is 0 Å². The van der Waals surface area contributed by atoms with Gasteiger partial charge in [-0.1, -0.05) is 33.1 Å². The maximum atomic E-state index is 12.3. The van der Waals surface area contributed by atoms with Crippen molar-refractivity contribution in [2.45, 2.75) is 58.9 Å². The summed E-state index contributed by atoms with van der Waals surface area (Å²) in [4.78, 5) is 12.3. The number of rotatable bonds is 7. The Bertz CT molecular complexity index is 415. The largest absolute Gasteiger partial charge is 0.399 e. The summed E-state index contributed by atoms with van der Waals surface area (Å²) in [7, 11) is 0. The molecule has 0 aliphatic heterocycles. The van der Waals surface area contributed by atoms with Crippen LogP contribution in [0.1, 0.15) is 61.9 Å². The van der Waals surface area contributed by atoms with Gasteiger partial charge in [0, 0.05) is 17.3 Å². The molecule has 3 heteroatoms. The van der Waals surface area contributed by atoms with Crippen molar-refractivity contribution in [3.05, 3.63) is 29.3 Å². The number of nitrogen functional groups attached to an aromatic ring is 1. The molecule has 1 rings (SSSR count). The average Bonchev–Trinajstić information content (AvgIpc) is 2.36. The molecule has 0 bridgehead atoms. The summed E-state index contributed by atoms with van der Waals surface area (Å²) in [6, 6.07) is 5.72. The lowest BCUT2D eigenvalue weighted by Gasteiger charge is -2.18. The third kappa shape index (κ3) is 4.93. The average molecular weight is 262 g/mol. The van der Waals surface area contributed by atoms with Crippen LogP contribution in [0.2, 0.25) is 0 Å². The van der Waals surface area contributed by atoms with E-state index in [4.69, 9.17) is 5.73 Å². The van der Waals surface area contributed by atoms with Gasteiger partial charge < -0.3 is 11.1 Å². The van der Waals surface area contributed by atoms with E-state index in [2.05, 4.69) is 19.2 Å². The second-order valence-electron chi connectivity index (χ2n) is 5.18. The molecule has 0 saturated carbocycles. The van der Waals surface area contributed by atoms with Gasteiger partial charge in [0.2, 0.25) is 0 Å². The zero-order chi connectivity index (χ0) is 14.3. The maximum Gasteiger partial charge on any atom is 0.251 e. The van der Waals surface area contributed by atoms with Crippen molar-refractivity contribution in [2.24, 2.45) is 0 Å². The van der Waals surface area contributed by atoms with Gasteiger partial charge >= 0.3 is 0 Å². The van der Waals surface area contributed by atoms with E-state index in [9.17, 15) is 4.79 Å². The first-order chi connectivity index (χ1) is 9.08. The van der Waals surface area contributed by atoms with Crippen LogP contribution in [-0.4, -0.2) is 11.9 Å². The Morgan fingerprint density at radius 3 is 2.58 bits per heavy atom. The summed E-state index contributed by atoms with van der Waals surface area (Å²) >= 11 is 0. The van der Waals surface area contributed by atoms with E-state index in [0.29, 0.717) is 5.69 Å².